The van der Waals surface area contributed by atoms with Gasteiger partial charge < -0.3 is 14.5 Å². The molecule has 0 radical (unpaired) electrons. The minimum absolute atomic E-state index is 0.00889. The second-order valence-electron chi connectivity index (χ2n) is 6.52. The SMILES string of the molecule is COc1cc(CN2C[C@H](NC(C)=O)[C@@H](c3ccc(C)o3)C2)ccc1F. The fourth-order valence-electron chi connectivity index (χ4n) is 3.42. The molecule has 1 fully saturated rings. The molecule has 0 spiro atoms. The van der Waals surface area contributed by atoms with E-state index in [4.69, 9.17) is 9.15 Å². The zero-order valence-electron chi connectivity index (χ0n) is 14.7. The van der Waals surface area contributed by atoms with Gasteiger partial charge in [0.1, 0.15) is 11.5 Å². The van der Waals surface area contributed by atoms with Gasteiger partial charge in [-0.15, -0.1) is 0 Å². The van der Waals surface area contributed by atoms with Crippen LogP contribution < -0.4 is 10.1 Å². The van der Waals surface area contributed by atoms with Crippen molar-refractivity contribution in [3.05, 3.63) is 53.2 Å². The highest BCUT2D eigenvalue weighted by atomic mass is 19.1. The molecule has 0 bridgehead atoms. The highest BCUT2D eigenvalue weighted by molar-refractivity contribution is 5.73. The molecule has 134 valence electrons. The maximum Gasteiger partial charge on any atom is 0.217 e. The Labute approximate surface area is 146 Å². The molecule has 25 heavy (non-hydrogen) atoms. The van der Waals surface area contributed by atoms with Gasteiger partial charge in [0.25, 0.3) is 0 Å². The zero-order chi connectivity index (χ0) is 18.0. The van der Waals surface area contributed by atoms with Gasteiger partial charge in [0.2, 0.25) is 5.91 Å². The average molecular weight is 346 g/mol. The van der Waals surface area contributed by atoms with Gasteiger partial charge in [-0.1, -0.05) is 6.07 Å². The first-order chi connectivity index (χ1) is 12.0. The third-order valence-electron chi connectivity index (χ3n) is 4.53. The van der Waals surface area contributed by atoms with Crippen molar-refractivity contribution in [2.24, 2.45) is 0 Å². The van der Waals surface area contributed by atoms with Crippen LogP contribution in [-0.2, 0) is 11.3 Å². The predicted molar refractivity (Wildman–Crippen MR) is 92.0 cm³/mol. The summed E-state index contributed by atoms with van der Waals surface area (Å²) in [5.41, 5.74) is 0.969. The van der Waals surface area contributed by atoms with Crippen molar-refractivity contribution in [1.82, 2.24) is 10.2 Å². The number of halogens is 1. The molecule has 2 atom stereocenters. The van der Waals surface area contributed by atoms with Crippen LogP contribution in [0.3, 0.4) is 0 Å². The first-order valence-corrected chi connectivity index (χ1v) is 8.34. The minimum atomic E-state index is -0.368. The largest absolute Gasteiger partial charge is 0.494 e. The first-order valence-electron chi connectivity index (χ1n) is 8.34. The van der Waals surface area contributed by atoms with E-state index in [0.29, 0.717) is 13.1 Å². The summed E-state index contributed by atoms with van der Waals surface area (Å²) in [6.07, 6.45) is 0. The number of methoxy groups -OCH3 is 1. The van der Waals surface area contributed by atoms with Crippen LogP contribution in [0.2, 0.25) is 0 Å². The molecule has 2 aromatic rings. The number of benzene rings is 1. The monoisotopic (exact) mass is 346 g/mol. The van der Waals surface area contributed by atoms with Gasteiger partial charge in [-0.2, -0.15) is 0 Å². The van der Waals surface area contributed by atoms with Gasteiger partial charge in [-0.05, 0) is 36.8 Å². The van der Waals surface area contributed by atoms with Crippen LogP contribution in [0.1, 0.15) is 29.9 Å². The Morgan fingerprint density at radius 2 is 2.16 bits per heavy atom. The number of carbonyl (C=O) groups excluding carboxylic acids is 1. The smallest absolute Gasteiger partial charge is 0.217 e. The van der Waals surface area contributed by atoms with Crippen LogP contribution in [-0.4, -0.2) is 37.0 Å². The van der Waals surface area contributed by atoms with Crippen molar-refractivity contribution in [3.8, 4) is 5.75 Å². The molecular formula is C19H23FN2O3. The van der Waals surface area contributed by atoms with Gasteiger partial charge in [0, 0.05) is 26.6 Å². The van der Waals surface area contributed by atoms with Crippen molar-refractivity contribution in [2.45, 2.75) is 32.4 Å². The van der Waals surface area contributed by atoms with Gasteiger partial charge >= 0.3 is 0 Å². The number of nitrogens with one attached hydrogen (secondary N) is 1. The van der Waals surface area contributed by atoms with Crippen molar-refractivity contribution >= 4 is 5.91 Å². The molecule has 1 aromatic heterocycles. The molecule has 1 saturated heterocycles. The number of hydrogen-bond acceptors (Lipinski definition) is 4. The summed E-state index contributed by atoms with van der Waals surface area (Å²) in [5, 5.41) is 3.02. The fraction of sp³-hybridized carbons (Fsp3) is 0.421. The molecule has 6 heteroatoms. The van der Waals surface area contributed by atoms with Crippen LogP contribution in [0, 0.1) is 12.7 Å². The van der Waals surface area contributed by atoms with Crippen LogP contribution >= 0.6 is 0 Å². The molecule has 5 nitrogen and oxygen atoms in total. The Morgan fingerprint density at radius 1 is 1.36 bits per heavy atom. The number of likely N-dealkylation sites (tertiary alicyclic amines) is 1. The molecule has 0 saturated carbocycles. The maximum absolute atomic E-state index is 13.6. The highest BCUT2D eigenvalue weighted by Crippen LogP contribution is 2.30. The second kappa shape index (κ2) is 7.27. The van der Waals surface area contributed by atoms with Gasteiger partial charge in [-0.25, -0.2) is 4.39 Å². The van der Waals surface area contributed by atoms with E-state index in [-0.39, 0.29) is 29.4 Å². The topological polar surface area (TPSA) is 54.7 Å². The van der Waals surface area contributed by atoms with Crippen molar-refractivity contribution in [1.29, 1.82) is 0 Å². The number of nitrogens with zero attached hydrogens (tertiary/aromatic N) is 1. The molecular weight excluding hydrogens is 323 g/mol. The quantitative estimate of drug-likeness (QED) is 0.905. The van der Waals surface area contributed by atoms with Gasteiger partial charge in [-0.3, -0.25) is 9.69 Å². The molecule has 1 aliphatic rings. The summed E-state index contributed by atoms with van der Waals surface area (Å²) in [5.74, 6) is 1.67. The van der Waals surface area contributed by atoms with E-state index in [1.807, 2.05) is 19.1 Å². The number of ether oxygens (including phenoxy) is 1. The third-order valence-corrected chi connectivity index (χ3v) is 4.53. The Bertz CT molecular complexity index is 759. The number of rotatable bonds is 5. The number of aryl methyl sites for hydroxylation is 1. The number of amides is 1. The lowest BCUT2D eigenvalue weighted by molar-refractivity contribution is -0.119. The van der Waals surface area contributed by atoms with Crippen molar-refractivity contribution in [3.63, 3.8) is 0 Å². The summed E-state index contributed by atoms with van der Waals surface area (Å²) in [4.78, 5) is 13.8. The minimum Gasteiger partial charge on any atom is -0.494 e. The van der Waals surface area contributed by atoms with E-state index >= 15 is 0 Å². The lowest BCUT2D eigenvalue weighted by Gasteiger charge is -2.17. The normalized spacial score (nSPS) is 20.6. The fourth-order valence-corrected chi connectivity index (χ4v) is 3.42. The lowest BCUT2D eigenvalue weighted by atomic mass is 10.0. The summed E-state index contributed by atoms with van der Waals surface area (Å²) in [7, 11) is 1.46. The van der Waals surface area contributed by atoms with Gasteiger partial charge in [0.05, 0.1) is 19.1 Å². The van der Waals surface area contributed by atoms with E-state index in [1.54, 1.807) is 12.1 Å². The Hall–Kier alpha value is -2.34. The van der Waals surface area contributed by atoms with Crippen molar-refractivity contribution < 1.29 is 18.3 Å². The van der Waals surface area contributed by atoms with Crippen LogP contribution in [0.4, 0.5) is 4.39 Å². The summed E-state index contributed by atoms with van der Waals surface area (Å²) in [6.45, 7) is 5.57. The lowest BCUT2D eigenvalue weighted by Crippen LogP contribution is -2.38. The molecule has 1 N–H and O–H groups in total. The Kier molecular flexibility index (Phi) is 5.08. The van der Waals surface area contributed by atoms with E-state index in [2.05, 4.69) is 10.2 Å². The van der Waals surface area contributed by atoms with E-state index in [9.17, 15) is 9.18 Å². The summed E-state index contributed by atoms with van der Waals surface area (Å²) in [6, 6.07) is 8.80. The van der Waals surface area contributed by atoms with Crippen molar-refractivity contribution in [2.75, 3.05) is 20.2 Å². The molecule has 0 unspecified atom stereocenters. The highest BCUT2D eigenvalue weighted by Gasteiger charge is 2.36. The third kappa shape index (κ3) is 4.02. The van der Waals surface area contributed by atoms with E-state index in [1.165, 1.54) is 20.1 Å². The van der Waals surface area contributed by atoms with Crippen LogP contribution in [0.25, 0.3) is 0 Å². The molecule has 1 amide bonds. The molecule has 2 heterocycles. The Morgan fingerprint density at radius 3 is 2.80 bits per heavy atom. The standard InChI is InChI=1S/C19H23FN2O3/c1-12-4-7-18(25-12)15-10-22(11-17(15)21-13(2)23)9-14-5-6-16(20)19(8-14)24-3/h4-8,15,17H,9-11H2,1-3H3,(H,21,23)/t15-,17-/m0/s1. The molecule has 1 aliphatic heterocycles. The first kappa shape index (κ1) is 17.5. The number of furan rings is 1. The summed E-state index contributed by atoms with van der Waals surface area (Å²) < 4.78 is 24.4. The van der Waals surface area contributed by atoms with Crippen LogP contribution in [0.15, 0.2) is 34.7 Å². The molecule has 1 aromatic carbocycles. The van der Waals surface area contributed by atoms with Gasteiger partial charge in [0.15, 0.2) is 11.6 Å². The second-order valence-corrected chi connectivity index (χ2v) is 6.52. The predicted octanol–water partition coefficient (Wildman–Crippen LogP) is 2.84. The average Bonchev–Trinajstić information content (AvgIpc) is 3.15. The molecule has 0 aliphatic carbocycles. The number of carbonyl (C=O) groups is 1. The van der Waals surface area contributed by atoms with E-state index in [0.717, 1.165) is 23.6 Å². The van der Waals surface area contributed by atoms with E-state index < -0.39 is 0 Å². The zero-order valence-corrected chi connectivity index (χ0v) is 14.7. The number of hydrogen-bond donors (Lipinski definition) is 1. The maximum atomic E-state index is 13.6. The Balaban J connectivity index is 1.76. The molecule has 3 rings (SSSR count). The van der Waals surface area contributed by atoms with Crippen LogP contribution in [0.5, 0.6) is 5.75 Å². The summed E-state index contributed by atoms with van der Waals surface area (Å²) >= 11 is 0.